The zero-order chi connectivity index (χ0) is 14.3. The third kappa shape index (κ3) is 5.41. The zero-order valence-corrected chi connectivity index (χ0v) is 13.8. The maximum Gasteiger partial charge on any atom is 0.0235 e. The normalized spacial score (nSPS) is 22.6. The van der Waals surface area contributed by atoms with Gasteiger partial charge < -0.3 is 10.2 Å². The van der Waals surface area contributed by atoms with Gasteiger partial charge >= 0.3 is 0 Å². The summed E-state index contributed by atoms with van der Waals surface area (Å²) in [4.78, 5) is 5.28. The average Bonchev–Trinajstić information content (AvgIpc) is 2.84. The molecule has 1 aliphatic heterocycles. The van der Waals surface area contributed by atoms with E-state index in [1.54, 1.807) is 0 Å². The lowest BCUT2D eigenvalue weighted by Gasteiger charge is -2.29. The van der Waals surface area contributed by atoms with Crippen LogP contribution in [0.25, 0.3) is 0 Å². The lowest BCUT2D eigenvalue weighted by atomic mass is 10.0. The van der Waals surface area contributed by atoms with Crippen LogP contribution in [0.1, 0.15) is 47.5 Å². The highest BCUT2D eigenvalue weighted by molar-refractivity contribution is 4.85. The lowest BCUT2D eigenvalue weighted by molar-refractivity contribution is 0.198. The van der Waals surface area contributed by atoms with Gasteiger partial charge in [0.2, 0.25) is 0 Å². The van der Waals surface area contributed by atoms with Gasteiger partial charge in [0, 0.05) is 25.2 Å². The maximum absolute atomic E-state index is 3.71. The summed E-state index contributed by atoms with van der Waals surface area (Å²) in [7, 11) is 0. The molecule has 1 N–H and O–H groups in total. The largest absolute Gasteiger partial charge is 0.312 e. The Hall–Kier alpha value is -0.120. The van der Waals surface area contributed by atoms with E-state index < -0.39 is 0 Å². The molecule has 0 bridgehead atoms. The van der Waals surface area contributed by atoms with Gasteiger partial charge in [-0.1, -0.05) is 34.6 Å². The van der Waals surface area contributed by atoms with Crippen molar-refractivity contribution in [3.05, 3.63) is 0 Å². The van der Waals surface area contributed by atoms with Crippen LogP contribution >= 0.6 is 0 Å². The summed E-state index contributed by atoms with van der Waals surface area (Å²) in [5.74, 6) is 0.721. The molecule has 1 rings (SSSR count). The predicted molar refractivity (Wildman–Crippen MR) is 84.7 cm³/mol. The van der Waals surface area contributed by atoms with E-state index in [0.29, 0.717) is 6.04 Å². The van der Waals surface area contributed by atoms with E-state index in [-0.39, 0.29) is 0 Å². The van der Waals surface area contributed by atoms with Gasteiger partial charge in [0.15, 0.2) is 0 Å². The van der Waals surface area contributed by atoms with Crippen molar-refractivity contribution in [1.82, 2.24) is 15.1 Å². The summed E-state index contributed by atoms with van der Waals surface area (Å²) < 4.78 is 0. The van der Waals surface area contributed by atoms with Crippen molar-refractivity contribution >= 4 is 0 Å². The Morgan fingerprint density at radius 2 is 1.89 bits per heavy atom. The van der Waals surface area contributed by atoms with Gasteiger partial charge in [-0.05, 0) is 44.9 Å². The first-order valence-electron chi connectivity index (χ1n) is 8.32. The Kier molecular flexibility index (Phi) is 7.96. The van der Waals surface area contributed by atoms with E-state index in [1.165, 1.54) is 45.6 Å². The third-order valence-electron chi connectivity index (χ3n) is 4.49. The van der Waals surface area contributed by atoms with Gasteiger partial charge in [0.25, 0.3) is 0 Å². The van der Waals surface area contributed by atoms with Gasteiger partial charge in [-0.25, -0.2) is 0 Å². The Morgan fingerprint density at radius 3 is 2.42 bits per heavy atom. The Labute approximate surface area is 120 Å². The number of hydrogen-bond acceptors (Lipinski definition) is 3. The van der Waals surface area contributed by atoms with E-state index in [2.05, 4.69) is 49.7 Å². The van der Waals surface area contributed by atoms with Crippen molar-refractivity contribution in [3.8, 4) is 0 Å². The summed E-state index contributed by atoms with van der Waals surface area (Å²) in [5.41, 5.74) is 0. The van der Waals surface area contributed by atoms with Crippen molar-refractivity contribution in [2.24, 2.45) is 5.92 Å². The summed E-state index contributed by atoms with van der Waals surface area (Å²) in [6.45, 7) is 18.8. The van der Waals surface area contributed by atoms with Crippen molar-refractivity contribution in [3.63, 3.8) is 0 Å². The molecular formula is C16H35N3. The van der Waals surface area contributed by atoms with Crippen LogP contribution in [0.2, 0.25) is 0 Å². The molecule has 0 radical (unpaired) electrons. The highest BCUT2D eigenvalue weighted by atomic mass is 15.3. The predicted octanol–water partition coefficient (Wildman–Crippen LogP) is 2.43. The zero-order valence-electron chi connectivity index (χ0n) is 13.8. The molecule has 2 atom stereocenters. The topological polar surface area (TPSA) is 18.5 Å². The number of likely N-dealkylation sites (tertiary alicyclic amines) is 1. The molecule has 2 unspecified atom stereocenters. The standard InChI is InChI=1S/C16H35N3/c1-6-10-17-16(14(4)5)13-18-11-9-15(12-18)19(7-2)8-3/h14-17H,6-13H2,1-5H3. The van der Waals surface area contributed by atoms with Crippen molar-refractivity contribution < 1.29 is 0 Å². The van der Waals surface area contributed by atoms with Crippen LogP contribution in [0.3, 0.4) is 0 Å². The van der Waals surface area contributed by atoms with E-state index >= 15 is 0 Å². The second-order valence-electron chi connectivity index (χ2n) is 6.23. The molecule has 114 valence electrons. The first-order valence-corrected chi connectivity index (χ1v) is 8.32. The molecule has 1 heterocycles. The minimum atomic E-state index is 0.649. The number of hydrogen-bond donors (Lipinski definition) is 1. The number of likely N-dealkylation sites (N-methyl/N-ethyl adjacent to an activating group) is 1. The van der Waals surface area contributed by atoms with Crippen molar-refractivity contribution in [2.45, 2.75) is 59.5 Å². The molecule has 19 heavy (non-hydrogen) atoms. The average molecular weight is 269 g/mol. The number of nitrogens with zero attached hydrogens (tertiary/aromatic N) is 2. The second-order valence-corrected chi connectivity index (χ2v) is 6.23. The van der Waals surface area contributed by atoms with Crippen LogP contribution in [0.4, 0.5) is 0 Å². The van der Waals surface area contributed by atoms with Crippen LogP contribution in [0, 0.1) is 5.92 Å². The molecule has 1 saturated heterocycles. The second kappa shape index (κ2) is 8.93. The quantitative estimate of drug-likeness (QED) is 0.693. The monoisotopic (exact) mass is 269 g/mol. The first-order chi connectivity index (χ1) is 9.12. The molecule has 0 saturated carbocycles. The third-order valence-corrected chi connectivity index (χ3v) is 4.49. The van der Waals surface area contributed by atoms with E-state index in [4.69, 9.17) is 0 Å². The summed E-state index contributed by atoms with van der Waals surface area (Å²) in [5, 5.41) is 3.71. The van der Waals surface area contributed by atoms with E-state index in [9.17, 15) is 0 Å². The van der Waals surface area contributed by atoms with Crippen LogP contribution in [-0.4, -0.2) is 61.2 Å². The molecule has 1 fully saturated rings. The van der Waals surface area contributed by atoms with Crippen molar-refractivity contribution in [2.75, 3.05) is 39.3 Å². The molecule has 0 spiro atoms. The Morgan fingerprint density at radius 1 is 1.21 bits per heavy atom. The van der Waals surface area contributed by atoms with Gasteiger partial charge in [0.05, 0.1) is 0 Å². The molecule has 0 amide bonds. The van der Waals surface area contributed by atoms with Crippen molar-refractivity contribution in [1.29, 1.82) is 0 Å². The van der Waals surface area contributed by atoms with Gasteiger partial charge in [-0.3, -0.25) is 4.90 Å². The molecular weight excluding hydrogens is 234 g/mol. The fourth-order valence-corrected chi connectivity index (χ4v) is 3.14. The minimum absolute atomic E-state index is 0.649. The van der Waals surface area contributed by atoms with E-state index in [1.807, 2.05) is 0 Å². The van der Waals surface area contributed by atoms with Crippen LogP contribution in [-0.2, 0) is 0 Å². The van der Waals surface area contributed by atoms with Gasteiger partial charge in [0.1, 0.15) is 0 Å². The summed E-state index contributed by atoms with van der Waals surface area (Å²) >= 11 is 0. The SMILES string of the molecule is CCCNC(CN1CCC(N(CC)CC)C1)C(C)C. The minimum Gasteiger partial charge on any atom is -0.312 e. The van der Waals surface area contributed by atoms with Crippen LogP contribution in [0.15, 0.2) is 0 Å². The Balaban J connectivity index is 2.40. The molecule has 0 aromatic heterocycles. The number of nitrogens with one attached hydrogen (secondary N) is 1. The van der Waals surface area contributed by atoms with Crippen LogP contribution < -0.4 is 5.32 Å². The molecule has 0 aromatic rings. The Bertz CT molecular complexity index is 226. The molecule has 0 aromatic carbocycles. The highest BCUT2D eigenvalue weighted by Gasteiger charge is 2.28. The highest BCUT2D eigenvalue weighted by Crippen LogP contribution is 2.17. The number of rotatable bonds is 9. The van der Waals surface area contributed by atoms with E-state index in [0.717, 1.165) is 18.5 Å². The maximum atomic E-state index is 3.71. The smallest absolute Gasteiger partial charge is 0.0235 e. The molecule has 0 aliphatic carbocycles. The van der Waals surface area contributed by atoms with Gasteiger partial charge in [-0.2, -0.15) is 0 Å². The van der Waals surface area contributed by atoms with Crippen LogP contribution in [0.5, 0.6) is 0 Å². The molecule has 1 aliphatic rings. The summed E-state index contributed by atoms with van der Waals surface area (Å²) in [6, 6.07) is 1.43. The molecule has 3 nitrogen and oxygen atoms in total. The summed E-state index contributed by atoms with van der Waals surface area (Å²) in [6.07, 6.45) is 2.57. The molecule has 3 heteroatoms. The lowest BCUT2D eigenvalue weighted by Crippen LogP contribution is -2.45. The fourth-order valence-electron chi connectivity index (χ4n) is 3.14. The van der Waals surface area contributed by atoms with Gasteiger partial charge in [-0.15, -0.1) is 0 Å². The fraction of sp³-hybridized carbons (Fsp3) is 1.00. The first kappa shape index (κ1) is 16.9.